The van der Waals surface area contributed by atoms with Gasteiger partial charge in [-0.05, 0) is 42.9 Å². The highest BCUT2D eigenvalue weighted by atomic mass is 19.4. The van der Waals surface area contributed by atoms with E-state index in [9.17, 15) is 22.8 Å². The van der Waals surface area contributed by atoms with Gasteiger partial charge in [0.1, 0.15) is 28.4 Å². The Balaban J connectivity index is 1.45. The van der Waals surface area contributed by atoms with Crippen molar-refractivity contribution in [3.05, 3.63) is 75.2 Å². The van der Waals surface area contributed by atoms with Crippen molar-refractivity contribution in [2.75, 3.05) is 0 Å². The number of aromatic amines is 1. The van der Waals surface area contributed by atoms with Crippen LogP contribution in [0.15, 0.2) is 35.5 Å². The zero-order valence-corrected chi connectivity index (χ0v) is 18.6. The summed E-state index contributed by atoms with van der Waals surface area (Å²) < 4.78 is 40.0. The van der Waals surface area contributed by atoms with Crippen molar-refractivity contribution in [1.29, 1.82) is 0 Å². The van der Waals surface area contributed by atoms with Crippen LogP contribution in [0.5, 0.6) is 0 Å². The molecule has 35 heavy (non-hydrogen) atoms. The van der Waals surface area contributed by atoms with Crippen molar-refractivity contribution in [3.8, 4) is 0 Å². The number of alkyl halides is 3. The van der Waals surface area contributed by atoms with E-state index in [2.05, 4.69) is 30.0 Å². The number of pyridine rings is 1. The summed E-state index contributed by atoms with van der Waals surface area (Å²) >= 11 is 0. The minimum Gasteiger partial charge on any atom is -0.310 e. The average Bonchev–Trinajstić information content (AvgIpc) is 3.63. The van der Waals surface area contributed by atoms with Crippen LogP contribution in [-0.2, 0) is 19.0 Å². The molecular weight excluding hydrogens is 463 g/mol. The fraction of sp³-hybridized carbons (Fsp3) is 0.348. The SMILES string of the molecule is CC(c1ccc(C(F)(F)F)nc1)n1nc(C=O)c2c(=O)[nH]c(CCc3ncc(C4CC4)cn3)nc21. The number of carbonyl (C=O) groups excluding carboxylic acids is 1. The second-order valence-electron chi connectivity index (χ2n) is 8.52. The van der Waals surface area contributed by atoms with Gasteiger partial charge in [-0.15, -0.1) is 0 Å². The van der Waals surface area contributed by atoms with Gasteiger partial charge < -0.3 is 4.98 Å². The second-order valence-corrected chi connectivity index (χ2v) is 8.52. The highest BCUT2D eigenvalue weighted by molar-refractivity contribution is 5.93. The maximum atomic E-state index is 12.9. The summed E-state index contributed by atoms with van der Waals surface area (Å²) in [5.74, 6) is 1.52. The number of rotatable bonds is 7. The quantitative estimate of drug-likeness (QED) is 0.400. The van der Waals surface area contributed by atoms with Crippen molar-refractivity contribution < 1.29 is 18.0 Å². The fourth-order valence-electron chi connectivity index (χ4n) is 3.90. The van der Waals surface area contributed by atoms with E-state index in [-0.39, 0.29) is 16.7 Å². The number of aldehydes is 1. The fourth-order valence-corrected chi connectivity index (χ4v) is 3.90. The first-order valence-electron chi connectivity index (χ1n) is 11.0. The lowest BCUT2D eigenvalue weighted by Gasteiger charge is -2.14. The molecule has 9 nitrogen and oxygen atoms in total. The Hall–Kier alpha value is -3.96. The summed E-state index contributed by atoms with van der Waals surface area (Å²) in [4.78, 5) is 43.8. The predicted molar refractivity (Wildman–Crippen MR) is 118 cm³/mol. The Morgan fingerprint density at radius 1 is 1.14 bits per heavy atom. The molecule has 0 aliphatic heterocycles. The third-order valence-electron chi connectivity index (χ3n) is 6.04. The smallest absolute Gasteiger partial charge is 0.310 e. The topological polar surface area (TPSA) is 119 Å². The van der Waals surface area contributed by atoms with E-state index in [1.165, 1.54) is 10.7 Å². The third-order valence-corrected chi connectivity index (χ3v) is 6.04. The molecule has 0 saturated heterocycles. The summed E-state index contributed by atoms with van der Waals surface area (Å²) in [6, 6.07) is 1.52. The summed E-state index contributed by atoms with van der Waals surface area (Å²) in [5.41, 5.74) is 0.0401. The van der Waals surface area contributed by atoms with Gasteiger partial charge in [-0.2, -0.15) is 18.3 Å². The van der Waals surface area contributed by atoms with E-state index in [1.807, 2.05) is 12.4 Å². The lowest BCUT2D eigenvalue weighted by molar-refractivity contribution is -0.141. The molecule has 0 amide bonds. The first-order chi connectivity index (χ1) is 16.7. The molecule has 1 fully saturated rings. The molecule has 12 heteroatoms. The molecule has 1 aliphatic carbocycles. The van der Waals surface area contributed by atoms with Crippen LogP contribution in [0.1, 0.15) is 70.7 Å². The number of aryl methyl sites for hydroxylation is 2. The summed E-state index contributed by atoms with van der Waals surface area (Å²) in [5, 5.41) is 4.21. The van der Waals surface area contributed by atoms with Crippen LogP contribution in [-0.4, -0.2) is 41.0 Å². The van der Waals surface area contributed by atoms with Gasteiger partial charge in [0.2, 0.25) is 0 Å². The molecule has 0 spiro atoms. The van der Waals surface area contributed by atoms with Crippen LogP contribution in [0.2, 0.25) is 0 Å². The first kappa shape index (κ1) is 22.8. The number of fused-ring (bicyclic) bond motifs is 1. The Morgan fingerprint density at radius 3 is 2.49 bits per heavy atom. The van der Waals surface area contributed by atoms with E-state index < -0.39 is 23.5 Å². The van der Waals surface area contributed by atoms with Gasteiger partial charge in [0, 0.05) is 31.4 Å². The van der Waals surface area contributed by atoms with E-state index in [0.29, 0.717) is 42.3 Å². The maximum Gasteiger partial charge on any atom is 0.433 e. The molecule has 180 valence electrons. The predicted octanol–water partition coefficient (Wildman–Crippen LogP) is 3.41. The zero-order valence-electron chi connectivity index (χ0n) is 18.6. The number of hydrogen-bond donors (Lipinski definition) is 1. The van der Waals surface area contributed by atoms with Gasteiger partial charge in [-0.25, -0.2) is 19.6 Å². The molecule has 4 aromatic rings. The molecule has 1 unspecified atom stereocenters. The molecule has 5 rings (SSSR count). The molecule has 4 heterocycles. The molecule has 0 bridgehead atoms. The standard InChI is InChI=1S/C23H20F3N7O2/c1-12(14-4-5-17(27-8-14)23(24,25)26)33-21-20(16(11-34)32-33)22(35)31-19(30-21)7-6-18-28-9-15(10-29-18)13-2-3-13/h4-5,8-13H,2-3,6-7H2,1H3,(H,30,31,35). The van der Waals surface area contributed by atoms with E-state index >= 15 is 0 Å². The summed E-state index contributed by atoms with van der Waals surface area (Å²) in [7, 11) is 0. The number of nitrogens with one attached hydrogen (secondary N) is 1. The number of carbonyl (C=O) groups is 1. The van der Waals surface area contributed by atoms with Gasteiger partial charge in [-0.1, -0.05) is 6.07 Å². The highest BCUT2D eigenvalue weighted by Gasteiger charge is 2.32. The van der Waals surface area contributed by atoms with Crippen LogP contribution in [0.25, 0.3) is 11.0 Å². The van der Waals surface area contributed by atoms with Crippen LogP contribution in [0, 0.1) is 0 Å². The van der Waals surface area contributed by atoms with Crippen LogP contribution < -0.4 is 5.56 Å². The lowest BCUT2D eigenvalue weighted by Crippen LogP contribution is -2.16. The van der Waals surface area contributed by atoms with Crippen molar-refractivity contribution in [2.45, 2.75) is 50.7 Å². The van der Waals surface area contributed by atoms with Gasteiger partial charge in [0.25, 0.3) is 5.56 Å². The Morgan fingerprint density at radius 2 is 1.89 bits per heavy atom. The Bertz CT molecular complexity index is 1440. The minimum absolute atomic E-state index is 0.0144. The van der Waals surface area contributed by atoms with Crippen LogP contribution in [0.4, 0.5) is 13.2 Å². The largest absolute Gasteiger partial charge is 0.433 e. The zero-order chi connectivity index (χ0) is 24.7. The molecule has 1 N–H and O–H groups in total. The number of nitrogens with zero attached hydrogens (tertiary/aromatic N) is 6. The van der Waals surface area contributed by atoms with Gasteiger partial charge >= 0.3 is 6.18 Å². The second kappa shape index (κ2) is 8.67. The molecule has 4 aromatic heterocycles. The molecule has 1 saturated carbocycles. The monoisotopic (exact) mass is 483 g/mol. The van der Waals surface area contributed by atoms with E-state index in [1.54, 1.807) is 6.92 Å². The highest BCUT2D eigenvalue weighted by Crippen LogP contribution is 2.39. The van der Waals surface area contributed by atoms with E-state index in [0.717, 1.165) is 30.7 Å². The lowest BCUT2D eigenvalue weighted by atomic mass is 10.1. The van der Waals surface area contributed by atoms with Crippen molar-refractivity contribution in [1.82, 2.24) is 34.7 Å². The third kappa shape index (κ3) is 4.55. The molecule has 0 aromatic carbocycles. The molecular formula is C23H20F3N7O2. The van der Waals surface area contributed by atoms with Gasteiger partial charge in [0.05, 0.1) is 6.04 Å². The number of halogens is 3. The Labute approximate surface area is 196 Å². The van der Waals surface area contributed by atoms with Gasteiger partial charge in [-0.3, -0.25) is 14.6 Å². The first-order valence-corrected chi connectivity index (χ1v) is 11.0. The number of hydrogen-bond acceptors (Lipinski definition) is 7. The van der Waals surface area contributed by atoms with Crippen molar-refractivity contribution in [3.63, 3.8) is 0 Å². The molecule has 1 aliphatic rings. The molecule has 1 atom stereocenters. The van der Waals surface area contributed by atoms with E-state index in [4.69, 9.17) is 0 Å². The summed E-state index contributed by atoms with van der Waals surface area (Å²) in [6.45, 7) is 1.67. The Kier molecular flexibility index (Phi) is 5.65. The average molecular weight is 483 g/mol. The molecule has 0 radical (unpaired) electrons. The van der Waals surface area contributed by atoms with Gasteiger partial charge in [0.15, 0.2) is 11.9 Å². The summed E-state index contributed by atoms with van der Waals surface area (Å²) in [6.07, 6.45) is 3.72. The van der Waals surface area contributed by atoms with Crippen LogP contribution in [0.3, 0.4) is 0 Å². The van der Waals surface area contributed by atoms with Crippen molar-refractivity contribution >= 4 is 17.3 Å². The number of aromatic nitrogens is 7. The van der Waals surface area contributed by atoms with Crippen molar-refractivity contribution in [2.24, 2.45) is 0 Å². The normalized spacial score (nSPS) is 14.9. The number of H-pyrrole nitrogens is 1. The van der Waals surface area contributed by atoms with Crippen LogP contribution >= 0.6 is 0 Å². The maximum absolute atomic E-state index is 12.9. The minimum atomic E-state index is -4.56.